The van der Waals surface area contributed by atoms with Gasteiger partial charge in [0.05, 0.1) is 6.04 Å². The highest BCUT2D eigenvalue weighted by molar-refractivity contribution is 5.37. The highest BCUT2D eigenvalue weighted by Crippen LogP contribution is 2.33. The van der Waals surface area contributed by atoms with E-state index >= 15 is 0 Å². The largest absolute Gasteiger partial charge is 0.573 e. The minimum atomic E-state index is -4.70. The number of hydrogen-bond donors (Lipinski definition) is 1. The van der Waals surface area contributed by atoms with Crippen molar-refractivity contribution in [2.45, 2.75) is 18.4 Å². The Morgan fingerprint density at radius 3 is 2.38 bits per heavy atom. The molecule has 0 saturated carbocycles. The number of hydrogen-bond acceptors (Lipinski definition) is 4. The number of nitrogens with two attached hydrogens (primary N) is 1. The van der Waals surface area contributed by atoms with Gasteiger partial charge in [0.25, 0.3) is 0 Å². The molecular weight excluding hydrogens is 283 g/mol. The molecule has 0 radical (unpaired) electrons. The molecule has 1 aromatic carbocycles. The van der Waals surface area contributed by atoms with Gasteiger partial charge in [-0.15, -0.1) is 13.2 Å². The van der Waals surface area contributed by atoms with Gasteiger partial charge in [0.15, 0.2) is 0 Å². The van der Waals surface area contributed by atoms with Gasteiger partial charge in [-0.3, -0.25) is 9.80 Å². The predicted molar refractivity (Wildman–Crippen MR) is 71.9 cm³/mol. The molecule has 3 saturated heterocycles. The number of halogens is 3. The smallest absolute Gasteiger partial charge is 0.405 e. The molecule has 1 aromatic rings. The van der Waals surface area contributed by atoms with Crippen molar-refractivity contribution in [3.63, 3.8) is 0 Å². The predicted octanol–water partition coefficient (Wildman–Crippen LogP) is 1.58. The number of benzene rings is 1. The van der Waals surface area contributed by atoms with E-state index < -0.39 is 12.4 Å². The maximum atomic E-state index is 12.5. The molecule has 0 aliphatic carbocycles. The first kappa shape index (κ1) is 14.6. The third kappa shape index (κ3) is 3.14. The van der Waals surface area contributed by atoms with Crippen LogP contribution in [0, 0.1) is 0 Å². The summed E-state index contributed by atoms with van der Waals surface area (Å²) in [6.45, 7) is 4.64. The van der Waals surface area contributed by atoms with E-state index in [0.29, 0.717) is 5.56 Å². The van der Waals surface area contributed by atoms with Gasteiger partial charge in [0.2, 0.25) is 0 Å². The van der Waals surface area contributed by atoms with Crippen LogP contribution in [0.3, 0.4) is 0 Å². The summed E-state index contributed by atoms with van der Waals surface area (Å²) in [5, 5.41) is 0. The molecule has 2 N–H and O–H groups in total. The lowest BCUT2D eigenvalue weighted by atomic mass is 9.94. The lowest BCUT2D eigenvalue weighted by molar-refractivity contribution is -0.275. The van der Waals surface area contributed by atoms with Crippen LogP contribution in [0.15, 0.2) is 24.3 Å². The number of alkyl halides is 3. The maximum absolute atomic E-state index is 12.5. The van der Waals surface area contributed by atoms with E-state index in [1.165, 1.54) is 12.1 Å². The fraction of sp³-hybridized carbons (Fsp3) is 0.571. The van der Waals surface area contributed by atoms with Crippen LogP contribution in [0.1, 0.15) is 11.6 Å². The van der Waals surface area contributed by atoms with Crippen molar-refractivity contribution >= 4 is 0 Å². The van der Waals surface area contributed by atoms with Crippen LogP contribution in [0.5, 0.6) is 5.75 Å². The molecule has 7 heteroatoms. The molecule has 2 atom stereocenters. The van der Waals surface area contributed by atoms with Gasteiger partial charge in [-0.2, -0.15) is 0 Å². The van der Waals surface area contributed by atoms with Gasteiger partial charge in [-0.25, -0.2) is 0 Å². The Kier molecular flexibility index (Phi) is 3.81. The average Bonchev–Trinajstić information content (AvgIpc) is 2.46. The highest BCUT2D eigenvalue weighted by atomic mass is 19.4. The summed E-state index contributed by atoms with van der Waals surface area (Å²) >= 11 is 0. The van der Waals surface area contributed by atoms with E-state index in [-0.39, 0.29) is 11.8 Å². The number of rotatable bonds is 3. The Bertz CT molecular complexity index is 500. The summed E-state index contributed by atoms with van der Waals surface area (Å²) in [5.74, 6) is -0.199. The first-order chi connectivity index (χ1) is 9.94. The Morgan fingerprint density at radius 2 is 1.81 bits per heavy atom. The molecule has 4 nitrogen and oxygen atoms in total. The average molecular weight is 301 g/mol. The minimum absolute atomic E-state index is 0.0329. The van der Waals surface area contributed by atoms with E-state index in [1.54, 1.807) is 12.1 Å². The molecule has 3 fully saturated rings. The number of para-hydroxylation sites is 1. The van der Waals surface area contributed by atoms with Crippen molar-refractivity contribution in [1.29, 1.82) is 0 Å². The third-order valence-electron chi connectivity index (χ3n) is 4.24. The van der Waals surface area contributed by atoms with Gasteiger partial charge in [-0.05, 0) is 6.07 Å². The van der Waals surface area contributed by atoms with Gasteiger partial charge in [-0.1, -0.05) is 18.2 Å². The van der Waals surface area contributed by atoms with E-state index in [2.05, 4.69) is 14.5 Å². The van der Waals surface area contributed by atoms with Crippen molar-refractivity contribution in [1.82, 2.24) is 9.80 Å². The molecule has 2 unspecified atom stereocenters. The Hall–Kier alpha value is -1.31. The molecule has 21 heavy (non-hydrogen) atoms. The van der Waals surface area contributed by atoms with E-state index in [9.17, 15) is 13.2 Å². The second kappa shape index (κ2) is 5.47. The van der Waals surface area contributed by atoms with Crippen LogP contribution in [-0.2, 0) is 0 Å². The summed E-state index contributed by atoms with van der Waals surface area (Å²) < 4.78 is 41.6. The second-order valence-electron chi connectivity index (χ2n) is 5.52. The molecule has 3 aliphatic heterocycles. The number of nitrogens with zero attached hydrogens (tertiary/aromatic N) is 2. The molecule has 3 aliphatic rings. The zero-order valence-corrected chi connectivity index (χ0v) is 11.5. The van der Waals surface area contributed by atoms with Gasteiger partial charge < -0.3 is 10.5 Å². The van der Waals surface area contributed by atoms with Crippen molar-refractivity contribution in [3.8, 4) is 5.75 Å². The lowest BCUT2D eigenvalue weighted by Crippen LogP contribution is -2.63. The van der Waals surface area contributed by atoms with Crippen molar-refractivity contribution in [3.05, 3.63) is 29.8 Å². The standard InChI is InChI=1S/C14H18F3N3O/c15-14(16,17)21-12-4-2-1-3-10(12)13(18)11-9-19-5-7-20(11)8-6-19/h1-4,11,13H,5-9,18H2. The zero-order chi connectivity index (χ0) is 15.0. The zero-order valence-electron chi connectivity index (χ0n) is 11.5. The normalized spacial score (nSPS) is 30.2. The van der Waals surface area contributed by atoms with Crippen LogP contribution in [-0.4, -0.2) is 54.9 Å². The number of ether oxygens (including phenoxy) is 1. The number of fused-ring (bicyclic) bond motifs is 3. The molecule has 0 aromatic heterocycles. The molecule has 4 rings (SSSR count). The van der Waals surface area contributed by atoms with Crippen molar-refractivity contribution in [2.75, 3.05) is 32.7 Å². The first-order valence-corrected chi connectivity index (χ1v) is 7.01. The molecule has 116 valence electrons. The monoisotopic (exact) mass is 301 g/mol. The lowest BCUT2D eigenvalue weighted by Gasteiger charge is -2.49. The number of piperazine rings is 3. The Balaban J connectivity index is 1.83. The topological polar surface area (TPSA) is 41.7 Å². The van der Waals surface area contributed by atoms with Crippen LogP contribution in [0.25, 0.3) is 0 Å². The Morgan fingerprint density at radius 1 is 1.14 bits per heavy atom. The molecule has 0 spiro atoms. The molecular formula is C14H18F3N3O. The summed E-state index contributed by atoms with van der Waals surface area (Å²) in [6.07, 6.45) is -4.70. The highest BCUT2D eigenvalue weighted by Gasteiger charge is 2.38. The summed E-state index contributed by atoms with van der Waals surface area (Å²) in [7, 11) is 0. The molecule has 0 amide bonds. The van der Waals surface area contributed by atoms with Crippen LogP contribution in [0.2, 0.25) is 0 Å². The first-order valence-electron chi connectivity index (χ1n) is 7.01. The molecule has 2 bridgehead atoms. The quantitative estimate of drug-likeness (QED) is 0.920. The van der Waals surface area contributed by atoms with Gasteiger partial charge in [0.1, 0.15) is 5.75 Å². The summed E-state index contributed by atoms with van der Waals surface area (Å²) in [4.78, 5) is 4.56. The molecule has 3 heterocycles. The van der Waals surface area contributed by atoms with Crippen molar-refractivity contribution < 1.29 is 17.9 Å². The summed E-state index contributed by atoms with van der Waals surface area (Å²) in [5.41, 5.74) is 6.67. The second-order valence-corrected chi connectivity index (χ2v) is 5.52. The SMILES string of the molecule is NC(c1ccccc1OC(F)(F)F)C1CN2CCN1CC2. The van der Waals surface area contributed by atoms with E-state index in [0.717, 1.165) is 32.7 Å². The van der Waals surface area contributed by atoms with Crippen molar-refractivity contribution in [2.24, 2.45) is 5.73 Å². The Labute approximate surface area is 121 Å². The van der Waals surface area contributed by atoms with Gasteiger partial charge >= 0.3 is 6.36 Å². The van der Waals surface area contributed by atoms with Gasteiger partial charge in [0, 0.05) is 44.3 Å². The van der Waals surface area contributed by atoms with Crippen LogP contribution >= 0.6 is 0 Å². The van der Waals surface area contributed by atoms with E-state index in [4.69, 9.17) is 5.73 Å². The van der Waals surface area contributed by atoms with Crippen LogP contribution < -0.4 is 10.5 Å². The maximum Gasteiger partial charge on any atom is 0.573 e. The fourth-order valence-corrected chi connectivity index (χ4v) is 3.18. The van der Waals surface area contributed by atoms with Crippen LogP contribution in [0.4, 0.5) is 13.2 Å². The third-order valence-corrected chi connectivity index (χ3v) is 4.24. The van der Waals surface area contributed by atoms with E-state index in [1.807, 2.05) is 0 Å². The fourth-order valence-electron chi connectivity index (χ4n) is 3.18. The summed E-state index contributed by atoms with van der Waals surface area (Å²) in [6, 6.07) is 5.68. The minimum Gasteiger partial charge on any atom is -0.405 e.